The summed E-state index contributed by atoms with van der Waals surface area (Å²) in [6.45, 7) is 6.33. The van der Waals surface area contributed by atoms with Crippen molar-refractivity contribution in [2.24, 2.45) is 0 Å². The molecule has 2 fully saturated rings. The highest BCUT2D eigenvalue weighted by Crippen LogP contribution is 2.29. The van der Waals surface area contributed by atoms with Crippen LogP contribution in [0, 0.1) is 6.92 Å². The van der Waals surface area contributed by atoms with E-state index in [9.17, 15) is 39.0 Å². The Morgan fingerprint density at radius 1 is 1.00 bits per heavy atom. The summed E-state index contributed by atoms with van der Waals surface area (Å²) in [5.74, 6) is -3.83. The molecule has 0 spiro atoms. The largest absolute Gasteiger partial charge is 0.481 e. The lowest BCUT2D eigenvalue weighted by molar-refractivity contribution is -0.150. The Morgan fingerprint density at radius 2 is 1.70 bits per heavy atom. The van der Waals surface area contributed by atoms with Crippen molar-refractivity contribution >= 4 is 46.7 Å². The van der Waals surface area contributed by atoms with E-state index in [2.05, 4.69) is 10.3 Å². The number of piperazine rings is 1. The Bertz CT molecular complexity index is 1510. The summed E-state index contributed by atoms with van der Waals surface area (Å²) in [5.41, 5.74) is 1.10. The summed E-state index contributed by atoms with van der Waals surface area (Å²) in [5, 5.41) is 22.0. The molecule has 1 aromatic carbocycles. The van der Waals surface area contributed by atoms with Gasteiger partial charge in [0.05, 0.1) is 12.1 Å². The lowest BCUT2D eigenvalue weighted by atomic mass is 10.1. The first kappa shape index (κ1) is 33.9. The molecule has 0 saturated carbocycles. The number of aryl methyl sites for hydroxylation is 1. The number of aromatic nitrogens is 1. The van der Waals surface area contributed by atoms with Gasteiger partial charge in [0, 0.05) is 50.6 Å². The summed E-state index contributed by atoms with van der Waals surface area (Å²) >= 11 is 0. The molecule has 3 atom stereocenters. The molecule has 46 heavy (non-hydrogen) atoms. The minimum Gasteiger partial charge on any atom is -0.481 e. The van der Waals surface area contributed by atoms with Crippen LogP contribution in [-0.2, 0) is 23.9 Å². The Kier molecular flexibility index (Phi) is 11.0. The van der Waals surface area contributed by atoms with Crippen LogP contribution < -0.4 is 10.1 Å². The smallest absolute Gasteiger partial charge is 0.409 e. The van der Waals surface area contributed by atoms with Crippen LogP contribution in [0.1, 0.15) is 55.6 Å². The van der Waals surface area contributed by atoms with Crippen molar-refractivity contribution < 1.29 is 48.5 Å². The number of nitrogens with zero attached hydrogens (tertiary/aromatic N) is 4. The van der Waals surface area contributed by atoms with Gasteiger partial charge < -0.3 is 39.7 Å². The zero-order valence-corrected chi connectivity index (χ0v) is 26.1. The topological polar surface area (TPSA) is 196 Å². The number of nitrogens with one attached hydrogen (secondary N) is 1. The predicted molar refractivity (Wildman–Crippen MR) is 162 cm³/mol. The van der Waals surface area contributed by atoms with Gasteiger partial charge in [-0.15, -0.1) is 0 Å². The van der Waals surface area contributed by atoms with E-state index in [4.69, 9.17) is 9.47 Å². The fraction of sp³-hybridized carbons (Fsp3) is 0.516. The lowest BCUT2D eigenvalue weighted by Gasteiger charge is -2.35. The van der Waals surface area contributed by atoms with E-state index in [0.717, 1.165) is 5.56 Å². The molecule has 3 heterocycles. The zero-order chi connectivity index (χ0) is 33.5. The van der Waals surface area contributed by atoms with Crippen LogP contribution in [0.2, 0.25) is 0 Å². The Labute approximate surface area is 265 Å². The van der Waals surface area contributed by atoms with E-state index in [0.29, 0.717) is 23.7 Å². The van der Waals surface area contributed by atoms with Crippen LogP contribution in [0.5, 0.6) is 5.75 Å². The van der Waals surface area contributed by atoms with Crippen LogP contribution in [0.15, 0.2) is 24.3 Å². The number of benzene rings is 1. The van der Waals surface area contributed by atoms with Gasteiger partial charge in [0.25, 0.3) is 11.8 Å². The van der Waals surface area contributed by atoms with Gasteiger partial charge in [-0.25, -0.2) is 14.6 Å². The van der Waals surface area contributed by atoms with Crippen LogP contribution in [0.25, 0.3) is 10.9 Å². The highest BCUT2D eigenvalue weighted by Gasteiger charge is 2.37. The van der Waals surface area contributed by atoms with E-state index in [1.807, 2.05) is 13.0 Å². The minimum atomic E-state index is -1.19. The molecule has 3 N–H and O–H groups in total. The summed E-state index contributed by atoms with van der Waals surface area (Å²) in [6.07, 6.45) is -1.23. The van der Waals surface area contributed by atoms with Gasteiger partial charge in [0.2, 0.25) is 5.91 Å². The number of rotatable bonds is 11. The number of hydrogen-bond acceptors (Lipinski definition) is 9. The number of hydrogen-bond donors (Lipinski definition) is 3. The number of amides is 4. The van der Waals surface area contributed by atoms with Crippen molar-refractivity contribution in [2.75, 3.05) is 39.3 Å². The molecule has 15 heteroatoms. The molecule has 2 aliphatic rings. The number of carboxylic acid groups (broad SMARTS) is 2. The SMILES string of the molecule is CCOC(=O)N1CCN(C(=O)[C@H](CCC(=O)O)NC(=O)c2cc(O[C@H](C)C(=O)N3CCC[C@H]3C(=O)O)c3ccc(C)cc3n2)CC1. The molecule has 0 unspecified atom stereocenters. The summed E-state index contributed by atoms with van der Waals surface area (Å²) in [4.78, 5) is 84.0. The van der Waals surface area contributed by atoms with Crippen LogP contribution >= 0.6 is 0 Å². The normalized spacial score (nSPS) is 17.7. The number of fused-ring (bicyclic) bond motifs is 1. The second-order valence-electron chi connectivity index (χ2n) is 11.3. The summed E-state index contributed by atoms with van der Waals surface area (Å²) in [7, 11) is 0. The van der Waals surface area contributed by atoms with E-state index < -0.39 is 53.9 Å². The van der Waals surface area contributed by atoms with Gasteiger partial charge in [0.15, 0.2) is 6.10 Å². The van der Waals surface area contributed by atoms with Gasteiger partial charge in [0.1, 0.15) is 23.5 Å². The number of carbonyl (C=O) groups is 6. The second kappa shape index (κ2) is 14.9. The van der Waals surface area contributed by atoms with Crippen molar-refractivity contribution in [3.05, 3.63) is 35.5 Å². The second-order valence-corrected chi connectivity index (χ2v) is 11.3. The quantitative estimate of drug-likeness (QED) is 0.323. The molecule has 2 saturated heterocycles. The minimum absolute atomic E-state index is 0.127. The third kappa shape index (κ3) is 8.00. The molecule has 15 nitrogen and oxygen atoms in total. The summed E-state index contributed by atoms with van der Waals surface area (Å²) in [6, 6.07) is 4.48. The van der Waals surface area contributed by atoms with Crippen LogP contribution in [0.4, 0.5) is 4.79 Å². The molecule has 0 bridgehead atoms. The number of pyridine rings is 1. The molecule has 1 aromatic heterocycles. The molecular formula is C31H39N5O10. The maximum absolute atomic E-state index is 13.6. The van der Waals surface area contributed by atoms with Crippen molar-refractivity contribution in [3.63, 3.8) is 0 Å². The molecule has 0 radical (unpaired) electrons. The predicted octanol–water partition coefficient (Wildman–Crippen LogP) is 1.65. The number of aliphatic carboxylic acids is 2. The average molecular weight is 642 g/mol. The van der Waals surface area contributed by atoms with Gasteiger partial charge in [-0.1, -0.05) is 6.07 Å². The first-order chi connectivity index (χ1) is 21.9. The highest BCUT2D eigenvalue weighted by molar-refractivity contribution is 5.99. The number of likely N-dealkylation sites (tertiary alicyclic amines) is 1. The van der Waals surface area contributed by atoms with E-state index in [1.54, 1.807) is 19.1 Å². The fourth-order valence-electron chi connectivity index (χ4n) is 5.58. The molecular weight excluding hydrogens is 602 g/mol. The third-order valence-electron chi connectivity index (χ3n) is 8.00. The standard InChI is InChI=1S/C31H39N5O10/c1-4-45-31(44)35-14-12-34(13-15-35)29(41)21(9-10-26(37)38)33-27(39)23-17-25(20-8-7-18(2)16-22(20)32-23)46-19(3)28(40)36-11-5-6-24(36)30(42)43/h7-8,16-17,19,21,24H,4-6,9-15H2,1-3H3,(H,33,39)(H,37,38)(H,42,43)/t19-,21+,24+/m1/s1. The molecule has 2 aliphatic heterocycles. The summed E-state index contributed by atoms with van der Waals surface area (Å²) < 4.78 is 11.0. The van der Waals surface area contributed by atoms with Crippen molar-refractivity contribution in [1.29, 1.82) is 0 Å². The first-order valence-electron chi connectivity index (χ1n) is 15.2. The zero-order valence-electron chi connectivity index (χ0n) is 26.1. The molecule has 4 rings (SSSR count). The van der Waals surface area contributed by atoms with Crippen molar-refractivity contribution in [1.82, 2.24) is 25.0 Å². The number of carboxylic acids is 2. The Balaban J connectivity index is 1.55. The Morgan fingerprint density at radius 3 is 2.35 bits per heavy atom. The Hall–Kier alpha value is -4.95. The molecule has 248 valence electrons. The highest BCUT2D eigenvalue weighted by atomic mass is 16.6. The van der Waals surface area contributed by atoms with Gasteiger partial charge in [-0.05, 0) is 57.7 Å². The maximum Gasteiger partial charge on any atom is 0.409 e. The third-order valence-corrected chi connectivity index (χ3v) is 8.00. The average Bonchev–Trinajstić information content (AvgIpc) is 3.52. The molecule has 4 amide bonds. The first-order valence-corrected chi connectivity index (χ1v) is 15.2. The fourth-order valence-corrected chi connectivity index (χ4v) is 5.58. The van der Waals surface area contributed by atoms with Crippen LogP contribution in [-0.4, -0.2) is 123 Å². The number of carbonyl (C=O) groups excluding carboxylic acids is 4. The molecule has 0 aliphatic carbocycles. The van der Waals surface area contributed by atoms with E-state index in [-0.39, 0.29) is 63.6 Å². The van der Waals surface area contributed by atoms with Crippen LogP contribution in [0.3, 0.4) is 0 Å². The van der Waals surface area contributed by atoms with Gasteiger partial charge in [-0.3, -0.25) is 19.2 Å². The van der Waals surface area contributed by atoms with Gasteiger partial charge in [-0.2, -0.15) is 0 Å². The van der Waals surface area contributed by atoms with Crippen molar-refractivity contribution in [3.8, 4) is 5.75 Å². The lowest BCUT2D eigenvalue weighted by Crippen LogP contribution is -2.56. The van der Waals surface area contributed by atoms with E-state index in [1.165, 1.54) is 27.7 Å². The van der Waals surface area contributed by atoms with Crippen molar-refractivity contribution in [2.45, 2.75) is 64.6 Å². The number of ether oxygens (including phenoxy) is 2. The molecule has 2 aromatic rings. The monoisotopic (exact) mass is 641 g/mol. The maximum atomic E-state index is 13.6. The van der Waals surface area contributed by atoms with Gasteiger partial charge >= 0.3 is 18.0 Å². The van der Waals surface area contributed by atoms with E-state index >= 15 is 0 Å².